The predicted octanol–water partition coefficient (Wildman–Crippen LogP) is 4.09. The summed E-state index contributed by atoms with van der Waals surface area (Å²) in [5.74, 6) is 0.863. The second-order valence-corrected chi connectivity index (χ2v) is 9.79. The summed E-state index contributed by atoms with van der Waals surface area (Å²) >= 11 is 1.70. The van der Waals surface area contributed by atoms with E-state index in [1.54, 1.807) is 17.4 Å². The van der Waals surface area contributed by atoms with Crippen LogP contribution in [-0.4, -0.2) is 18.9 Å². The molecule has 0 aliphatic heterocycles. The first kappa shape index (κ1) is 17.1. The van der Waals surface area contributed by atoms with Crippen molar-refractivity contribution in [3.63, 3.8) is 0 Å². The lowest BCUT2D eigenvalue weighted by atomic mass is 9.49. The van der Waals surface area contributed by atoms with Gasteiger partial charge in [-0.15, -0.1) is 11.3 Å². The lowest BCUT2D eigenvalue weighted by Gasteiger charge is -2.56. The van der Waals surface area contributed by atoms with Crippen molar-refractivity contribution in [2.24, 2.45) is 17.8 Å². The molecule has 0 unspecified atom stereocenters. The van der Waals surface area contributed by atoms with Crippen molar-refractivity contribution in [3.8, 4) is 0 Å². The minimum absolute atomic E-state index is 0.0472. The summed E-state index contributed by atoms with van der Waals surface area (Å²) in [6.45, 7) is 0. The van der Waals surface area contributed by atoms with E-state index in [1.807, 2.05) is 12.1 Å². The molecule has 5 heteroatoms. The molecule has 27 heavy (non-hydrogen) atoms. The number of ketones is 1. The number of rotatable bonds is 3. The molecule has 4 nitrogen and oxygen atoms in total. The van der Waals surface area contributed by atoms with Gasteiger partial charge in [-0.25, -0.2) is 4.79 Å². The Hall–Kier alpha value is -2.01. The van der Waals surface area contributed by atoms with Crippen LogP contribution in [0.4, 0.5) is 0 Å². The van der Waals surface area contributed by atoms with Crippen LogP contribution in [0.25, 0.3) is 10.1 Å². The van der Waals surface area contributed by atoms with Crippen molar-refractivity contribution in [1.29, 1.82) is 0 Å². The molecule has 140 valence electrons. The maximum absolute atomic E-state index is 12.9. The number of esters is 1. The number of carbonyl (C=O) groups is 2. The van der Waals surface area contributed by atoms with E-state index in [-0.39, 0.29) is 16.4 Å². The van der Waals surface area contributed by atoms with Gasteiger partial charge in [-0.2, -0.15) is 0 Å². The quantitative estimate of drug-likeness (QED) is 0.456. The van der Waals surface area contributed by atoms with Gasteiger partial charge >= 0.3 is 5.97 Å². The van der Waals surface area contributed by atoms with Crippen molar-refractivity contribution >= 4 is 33.2 Å². The summed E-state index contributed by atoms with van der Waals surface area (Å²) in [5, 5.41) is 0.517. The van der Waals surface area contributed by atoms with Gasteiger partial charge < -0.3 is 4.74 Å². The van der Waals surface area contributed by atoms with Gasteiger partial charge in [-0.05, 0) is 80.5 Å². The number of hydrogen-bond donors (Lipinski definition) is 0. The highest BCUT2D eigenvalue weighted by atomic mass is 32.1. The van der Waals surface area contributed by atoms with Gasteiger partial charge in [0.2, 0.25) is 0 Å². The first-order chi connectivity index (χ1) is 13.0. The fraction of sp³-hybridized carbons (Fsp3) is 0.500. The van der Waals surface area contributed by atoms with Crippen molar-refractivity contribution in [2.45, 2.75) is 43.9 Å². The number of hydrogen-bond acceptors (Lipinski definition) is 5. The summed E-state index contributed by atoms with van der Waals surface area (Å²) in [6.07, 6.45) is 7.79. The molecule has 4 saturated carbocycles. The molecule has 0 spiro atoms. The molecule has 1 aromatic heterocycles. The summed E-state index contributed by atoms with van der Waals surface area (Å²) in [5.41, 5.74) is 0.350. The second kappa shape index (κ2) is 5.99. The topological polar surface area (TPSA) is 60.4 Å². The van der Waals surface area contributed by atoms with E-state index in [2.05, 4.69) is 4.74 Å². The number of carbonyl (C=O) groups excluding carboxylic acids is 2. The molecule has 4 fully saturated rings. The van der Waals surface area contributed by atoms with E-state index in [1.165, 1.54) is 56.6 Å². The number of ether oxygens (including phenoxy) is 1. The maximum atomic E-state index is 12.9. The lowest BCUT2D eigenvalue weighted by Crippen LogP contribution is -2.48. The van der Waals surface area contributed by atoms with Crippen LogP contribution in [0, 0.1) is 17.8 Å². The van der Waals surface area contributed by atoms with E-state index in [4.69, 9.17) is 0 Å². The molecule has 1 heterocycles. The molecule has 4 aliphatic rings. The van der Waals surface area contributed by atoms with Crippen molar-refractivity contribution in [3.05, 3.63) is 44.9 Å². The van der Waals surface area contributed by atoms with Crippen LogP contribution in [0.5, 0.6) is 0 Å². The van der Waals surface area contributed by atoms with E-state index in [0.29, 0.717) is 5.39 Å². The van der Waals surface area contributed by atoms with Crippen molar-refractivity contribution in [2.75, 3.05) is 7.11 Å². The van der Waals surface area contributed by atoms with Crippen molar-refractivity contribution in [1.82, 2.24) is 0 Å². The average molecular weight is 382 g/mol. The van der Waals surface area contributed by atoms with E-state index in [9.17, 15) is 14.4 Å². The molecule has 6 rings (SSSR count). The molecule has 1 aromatic carbocycles. The van der Waals surface area contributed by atoms with Crippen LogP contribution in [0.1, 0.15) is 53.8 Å². The van der Waals surface area contributed by atoms with Crippen LogP contribution in [0.15, 0.2) is 29.1 Å². The third-order valence-electron chi connectivity index (χ3n) is 6.92. The zero-order chi connectivity index (χ0) is 18.8. The van der Waals surface area contributed by atoms with Crippen LogP contribution in [-0.2, 0) is 14.9 Å². The number of fused-ring (bicyclic) bond motifs is 1. The Labute approximate surface area is 161 Å². The molecular formula is C22H22O4S. The fourth-order valence-electron chi connectivity index (χ4n) is 6.18. The molecule has 2 aromatic rings. The van der Waals surface area contributed by atoms with E-state index < -0.39 is 11.8 Å². The largest absolute Gasteiger partial charge is 0.463 e. The monoisotopic (exact) mass is 382 g/mol. The summed E-state index contributed by atoms with van der Waals surface area (Å²) in [4.78, 5) is 37.7. The summed E-state index contributed by atoms with van der Waals surface area (Å²) < 4.78 is 5.40. The average Bonchev–Trinajstić information content (AvgIpc) is 2.65. The standard InChI is InChI=1S/C22H22O4S/c1-26-21(25)20(24)15-2-3-18-16(7-15)17(23)8-19(27-18)22-9-12-4-13(10-22)6-14(5-12)11-22/h2-3,7-8,12-14H,4-6,9-11H2,1H3. The second-order valence-electron chi connectivity index (χ2n) is 8.70. The van der Waals surface area contributed by atoms with Gasteiger partial charge in [-0.1, -0.05) is 0 Å². The third-order valence-corrected chi connectivity index (χ3v) is 8.27. The van der Waals surface area contributed by atoms with E-state index >= 15 is 0 Å². The molecular weight excluding hydrogens is 360 g/mol. The highest BCUT2D eigenvalue weighted by Gasteiger charge is 2.52. The third kappa shape index (κ3) is 2.66. The Morgan fingerprint density at radius 2 is 1.67 bits per heavy atom. The Balaban J connectivity index is 1.57. The first-order valence-corrected chi connectivity index (χ1v) is 10.5. The molecule has 4 bridgehead atoms. The molecule has 0 N–H and O–H groups in total. The van der Waals surface area contributed by atoms with Gasteiger partial charge in [0, 0.05) is 25.9 Å². The van der Waals surface area contributed by atoms with E-state index in [0.717, 1.165) is 22.5 Å². The predicted molar refractivity (Wildman–Crippen MR) is 104 cm³/mol. The highest BCUT2D eigenvalue weighted by Crippen LogP contribution is 2.61. The van der Waals surface area contributed by atoms with Crippen LogP contribution < -0.4 is 5.43 Å². The van der Waals surface area contributed by atoms with Gasteiger partial charge in [0.25, 0.3) is 5.78 Å². The van der Waals surface area contributed by atoms with Gasteiger partial charge in [0.1, 0.15) is 0 Å². The smallest absolute Gasteiger partial charge is 0.379 e. The minimum atomic E-state index is -0.907. The zero-order valence-corrected chi connectivity index (χ0v) is 16.1. The molecule has 0 saturated heterocycles. The maximum Gasteiger partial charge on any atom is 0.379 e. The van der Waals surface area contributed by atoms with Crippen molar-refractivity contribution < 1.29 is 14.3 Å². The Morgan fingerprint density at radius 1 is 1.04 bits per heavy atom. The molecule has 0 atom stereocenters. The lowest BCUT2D eigenvalue weighted by molar-refractivity contribution is -0.135. The Morgan fingerprint density at radius 3 is 2.26 bits per heavy atom. The fourth-order valence-corrected chi connectivity index (χ4v) is 7.46. The summed E-state index contributed by atoms with van der Waals surface area (Å²) in [6, 6.07) is 6.78. The number of methoxy groups -OCH3 is 1. The van der Waals surface area contributed by atoms with Gasteiger partial charge in [0.15, 0.2) is 5.43 Å². The SMILES string of the molecule is COC(=O)C(=O)c1ccc2sc(C34CC5CC(CC(C5)C3)C4)cc(=O)c2c1. The minimum Gasteiger partial charge on any atom is -0.463 e. The molecule has 0 radical (unpaired) electrons. The van der Waals surface area contributed by atoms with Crippen LogP contribution in [0.2, 0.25) is 0 Å². The zero-order valence-electron chi connectivity index (χ0n) is 15.3. The number of Topliss-reactive ketones (excluding diaryl/α,β-unsaturated/α-hetero) is 1. The first-order valence-electron chi connectivity index (χ1n) is 9.68. The van der Waals surface area contributed by atoms with Crippen LogP contribution in [0.3, 0.4) is 0 Å². The van der Waals surface area contributed by atoms with Gasteiger partial charge in [-0.3, -0.25) is 9.59 Å². The molecule has 4 aliphatic carbocycles. The normalized spacial score (nSPS) is 31.2. The van der Waals surface area contributed by atoms with Crippen LogP contribution >= 0.6 is 11.3 Å². The Bertz CT molecular complexity index is 983. The van der Waals surface area contributed by atoms with Gasteiger partial charge in [0.05, 0.1) is 7.11 Å². The highest BCUT2D eigenvalue weighted by molar-refractivity contribution is 7.18. The summed E-state index contributed by atoms with van der Waals surface area (Å²) in [7, 11) is 1.18. The number of benzene rings is 1. The molecule has 0 amide bonds. The Kier molecular flexibility index (Phi) is 3.80.